The second-order valence-corrected chi connectivity index (χ2v) is 6.90. The van der Waals surface area contributed by atoms with Crippen LogP contribution in [0.1, 0.15) is 13.8 Å². The SMILES string of the molecule is COc1cc(-c2oc3cc(OCC=C(C)C)c(OC)c(O)c3c(=O)c2OC)ccc1O. The highest BCUT2D eigenvalue weighted by Crippen LogP contribution is 2.44. The van der Waals surface area contributed by atoms with E-state index in [0.29, 0.717) is 5.56 Å². The molecule has 0 amide bonds. The van der Waals surface area contributed by atoms with Crippen molar-refractivity contribution in [1.29, 1.82) is 0 Å². The normalized spacial score (nSPS) is 10.6. The number of allylic oxidation sites excluding steroid dienone is 1. The van der Waals surface area contributed by atoms with E-state index in [-0.39, 0.29) is 52.1 Å². The Bertz CT molecular complexity index is 1200. The van der Waals surface area contributed by atoms with Crippen LogP contribution in [0, 0.1) is 0 Å². The summed E-state index contributed by atoms with van der Waals surface area (Å²) in [5.41, 5.74) is 0.993. The molecule has 0 fully saturated rings. The predicted molar refractivity (Wildman–Crippen MR) is 116 cm³/mol. The molecule has 8 heteroatoms. The van der Waals surface area contributed by atoms with Crippen LogP contribution >= 0.6 is 0 Å². The van der Waals surface area contributed by atoms with E-state index in [4.69, 9.17) is 23.4 Å². The van der Waals surface area contributed by atoms with Gasteiger partial charge in [0.1, 0.15) is 17.6 Å². The maximum atomic E-state index is 13.1. The first-order valence-corrected chi connectivity index (χ1v) is 9.40. The molecule has 2 N–H and O–H groups in total. The molecule has 8 nitrogen and oxygen atoms in total. The predicted octanol–water partition coefficient (Wildman–Crippen LogP) is 4.24. The van der Waals surface area contributed by atoms with Crippen LogP contribution in [0.3, 0.4) is 0 Å². The minimum absolute atomic E-state index is 0.0167. The van der Waals surface area contributed by atoms with Gasteiger partial charge in [0.15, 0.2) is 28.8 Å². The lowest BCUT2D eigenvalue weighted by Gasteiger charge is -2.15. The van der Waals surface area contributed by atoms with Crippen molar-refractivity contribution in [2.75, 3.05) is 27.9 Å². The van der Waals surface area contributed by atoms with Gasteiger partial charge in [-0.05, 0) is 38.1 Å². The lowest BCUT2D eigenvalue weighted by Crippen LogP contribution is -2.09. The summed E-state index contributed by atoms with van der Waals surface area (Å²) in [6, 6.07) is 5.96. The smallest absolute Gasteiger partial charge is 0.239 e. The van der Waals surface area contributed by atoms with E-state index in [1.54, 1.807) is 6.07 Å². The van der Waals surface area contributed by atoms with Crippen LogP contribution < -0.4 is 24.4 Å². The van der Waals surface area contributed by atoms with Gasteiger partial charge in [0.05, 0.1) is 21.3 Å². The highest BCUT2D eigenvalue weighted by atomic mass is 16.5. The fourth-order valence-electron chi connectivity index (χ4n) is 3.07. The molecule has 31 heavy (non-hydrogen) atoms. The van der Waals surface area contributed by atoms with Crippen molar-refractivity contribution in [2.24, 2.45) is 0 Å². The first-order chi connectivity index (χ1) is 14.8. The van der Waals surface area contributed by atoms with Gasteiger partial charge in [-0.2, -0.15) is 0 Å². The largest absolute Gasteiger partial charge is 0.504 e. The monoisotopic (exact) mass is 428 g/mol. The quantitative estimate of drug-likeness (QED) is 0.538. The molecule has 0 aliphatic carbocycles. The van der Waals surface area contributed by atoms with Crippen molar-refractivity contribution < 1.29 is 33.6 Å². The number of methoxy groups -OCH3 is 3. The Kier molecular flexibility index (Phi) is 6.29. The van der Waals surface area contributed by atoms with Gasteiger partial charge in [-0.3, -0.25) is 4.79 Å². The van der Waals surface area contributed by atoms with E-state index in [2.05, 4.69) is 0 Å². The number of ether oxygens (including phenoxy) is 4. The molecule has 2 aromatic carbocycles. The van der Waals surface area contributed by atoms with Gasteiger partial charge in [-0.15, -0.1) is 0 Å². The molecule has 0 unspecified atom stereocenters. The van der Waals surface area contributed by atoms with Gasteiger partial charge in [0.25, 0.3) is 0 Å². The van der Waals surface area contributed by atoms with Crippen molar-refractivity contribution in [3.05, 3.63) is 46.1 Å². The average Bonchev–Trinajstić information content (AvgIpc) is 2.73. The van der Waals surface area contributed by atoms with Gasteiger partial charge in [-0.25, -0.2) is 0 Å². The standard InChI is InChI=1S/C23H24O8/c1-12(2)8-9-30-17-11-16-18(19(25)22(17)28-4)20(26)23(29-5)21(31-16)13-6-7-14(24)15(10-13)27-3/h6-8,10-11,24-25H,9H2,1-5H3. The average molecular weight is 428 g/mol. The van der Waals surface area contributed by atoms with Crippen molar-refractivity contribution in [1.82, 2.24) is 0 Å². The number of rotatable bonds is 7. The van der Waals surface area contributed by atoms with Crippen molar-refractivity contribution in [3.63, 3.8) is 0 Å². The van der Waals surface area contributed by atoms with Crippen LogP contribution in [-0.2, 0) is 0 Å². The summed E-state index contributed by atoms with van der Waals surface area (Å²) in [5.74, 6) is -0.0464. The third-order valence-electron chi connectivity index (χ3n) is 4.62. The molecule has 0 aliphatic rings. The Morgan fingerprint density at radius 2 is 1.71 bits per heavy atom. The first kappa shape index (κ1) is 21.9. The summed E-state index contributed by atoms with van der Waals surface area (Å²) >= 11 is 0. The molecular weight excluding hydrogens is 404 g/mol. The zero-order valence-electron chi connectivity index (χ0n) is 17.9. The summed E-state index contributed by atoms with van der Waals surface area (Å²) in [7, 11) is 4.10. The number of hydrogen-bond donors (Lipinski definition) is 2. The zero-order valence-corrected chi connectivity index (χ0v) is 17.9. The third kappa shape index (κ3) is 4.09. The van der Waals surface area contributed by atoms with E-state index in [1.807, 2.05) is 19.9 Å². The number of aromatic hydroxyl groups is 2. The highest BCUT2D eigenvalue weighted by Gasteiger charge is 2.24. The first-order valence-electron chi connectivity index (χ1n) is 9.40. The Balaban J connectivity index is 2.28. The second kappa shape index (κ2) is 8.91. The lowest BCUT2D eigenvalue weighted by molar-refractivity contribution is 0.313. The Morgan fingerprint density at radius 3 is 2.32 bits per heavy atom. The van der Waals surface area contributed by atoms with Crippen LogP contribution in [0.2, 0.25) is 0 Å². The van der Waals surface area contributed by atoms with E-state index < -0.39 is 11.2 Å². The Morgan fingerprint density at radius 1 is 1.00 bits per heavy atom. The fraction of sp³-hybridized carbons (Fsp3) is 0.261. The van der Waals surface area contributed by atoms with E-state index >= 15 is 0 Å². The molecule has 164 valence electrons. The molecule has 1 aromatic heterocycles. The maximum Gasteiger partial charge on any atom is 0.239 e. The number of benzene rings is 2. The Labute approximate surface area is 178 Å². The number of phenols is 2. The number of phenolic OH excluding ortho intramolecular Hbond substituents is 2. The molecular formula is C23H24O8. The van der Waals surface area contributed by atoms with Crippen molar-refractivity contribution in [2.45, 2.75) is 13.8 Å². The lowest BCUT2D eigenvalue weighted by atomic mass is 10.1. The fourth-order valence-corrected chi connectivity index (χ4v) is 3.07. The minimum Gasteiger partial charge on any atom is -0.504 e. The molecule has 0 saturated heterocycles. The molecule has 0 aliphatic heterocycles. The molecule has 1 heterocycles. The van der Waals surface area contributed by atoms with Gasteiger partial charge in [0, 0.05) is 11.6 Å². The second-order valence-electron chi connectivity index (χ2n) is 6.90. The van der Waals surface area contributed by atoms with Crippen molar-refractivity contribution >= 4 is 11.0 Å². The van der Waals surface area contributed by atoms with E-state index in [9.17, 15) is 15.0 Å². The third-order valence-corrected chi connectivity index (χ3v) is 4.62. The highest BCUT2D eigenvalue weighted by molar-refractivity contribution is 5.91. The molecule has 0 radical (unpaired) electrons. The van der Waals surface area contributed by atoms with Gasteiger partial charge < -0.3 is 33.6 Å². The van der Waals surface area contributed by atoms with E-state index in [0.717, 1.165) is 5.57 Å². The van der Waals surface area contributed by atoms with Gasteiger partial charge >= 0.3 is 0 Å². The molecule has 3 aromatic rings. The van der Waals surface area contributed by atoms with Crippen LogP contribution in [0.5, 0.6) is 34.5 Å². The summed E-state index contributed by atoms with van der Waals surface area (Å²) in [4.78, 5) is 13.1. The minimum atomic E-state index is -0.586. The summed E-state index contributed by atoms with van der Waals surface area (Å²) in [5, 5.41) is 20.5. The molecule has 0 atom stereocenters. The van der Waals surface area contributed by atoms with Crippen LogP contribution in [-0.4, -0.2) is 38.1 Å². The summed E-state index contributed by atoms with van der Waals surface area (Å²) in [6.45, 7) is 4.11. The maximum absolute atomic E-state index is 13.1. The van der Waals surface area contributed by atoms with Crippen LogP contribution in [0.4, 0.5) is 0 Å². The molecule has 0 saturated carbocycles. The van der Waals surface area contributed by atoms with Gasteiger partial charge in [-0.1, -0.05) is 5.57 Å². The molecule has 3 rings (SSSR count). The molecule has 0 bridgehead atoms. The number of fused-ring (bicyclic) bond motifs is 1. The Hall–Kier alpha value is -3.81. The topological polar surface area (TPSA) is 108 Å². The van der Waals surface area contributed by atoms with Crippen LogP contribution in [0.25, 0.3) is 22.3 Å². The van der Waals surface area contributed by atoms with Gasteiger partial charge in [0.2, 0.25) is 16.9 Å². The summed E-state index contributed by atoms with van der Waals surface area (Å²) < 4.78 is 27.4. The van der Waals surface area contributed by atoms with Crippen LogP contribution in [0.15, 0.2) is 45.1 Å². The zero-order chi connectivity index (χ0) is 22.7. The molecule has 0 spiro atoms. The van der Waals surface area contributed by atoms with E-state index in [1.165, 1.54) is 39.5 Å². The van der Waals surface area contributed by atoms with Crippen molar-refractivity contribution in [3.8, 4) is 45.8 Å². The number of hydrogen-bond acceptors (Lipinski definition) is 8. The summed E-state index contributed by atoms with van der Waals surface area (Å²) in [6.07, 6.45) is 1.86.